The van der Waals surface area contributed by atoms with Crippen molar-refractivity contribution in [2.45, 2.75) is 13.8 Å². The Labute approximate surface area is 131 Å². The fourth-order valence-corrected chi connectivity index (χ4v) is 2.54. The van der Waals surface area contributed by atoms with E-state index in [2.05, 4.69) is 42.2 Å². The molecule has 0 aliphatic rings. The largest absolute Gasteiger partial charge is 0.493 e. The summed E-state index contributed by atoms with van der Waals surface area (Å²) in [6.45, 7) is 4.71. The molecule has 0 fully saturated rings. The van der Waals surface area contributed by atoms with Crippen LogP contribution in [0.15, 0.2) is 65.7 Å². The van der Waals surface area contributed by atoms with Gasteiger partial charge in [0, 0.05) is 11.8 Å². The molecule has 0 aliphatic carbocycles. The first-order chi connectivity index (χ1) is 10.8. The summed E-state index contributed by atoms with van der Waals surface area (Å²) >= 11 is 0. The molecule has 0 spiro atoms. The Bertz CT molecular complexity index is 821. The Morgan fingerprint density at radius 3 is 2.68 bits per heavy atom. The van der Waals surface area contributed by atoms with Gasteiger partial charge in [0.05, 0.1) is 12.3 Å². The van der Waals surface area contributed by atoms with Gasteiger partial charge >= 0.3 is 0 Å². The van der Waals surface area contributed by atoms with Gasteiger partial charge in [-0.3, -0.25) is 4.99 Å². The highest BCUT2D eigenvalue weighted by atomic mass is 16.5. The van der Waals surface area contributed by atoms with Gasteiger partial charge in [-0.15, -0.1) is 0 Å². The molecule has 0 N–H and O–H groups in total. The molecule has 22 heavy (non-hydrogen) atoms. The van der Waals surface area contributed by atoms with E-state index in [0.29, 0.717) is 6.61 Å². The van der Waals surface area contributed by atoms with E-state index in [1.807, 2.05) is 43.5 Å². The van der Waals surface area contributed by atoms with Crippen molar-refractivity contribution in [2.24, 2.45) is 4.99 Å². The zero-order valence-corrected chi connectivity index (χ0v) is 12.9. The van der Waals surface area contributed by atoms with Crippen molar-refractivity contribution in [3.05, 3.63) is 71.8 Å². The lowest BCUT2D eigenvalue weighted by Gasteiger charge is -2.10. The molecule has 0 unspecified atom stereocenters. The van der Waals surface area contributed by atoms with Gasteiger partial charge in [0.25, 0.3) is 0 Å². The highest BCUT2D eigenvalue weighted by Gasteiger charge is 2.06. The van der Waals surface area contributed by atoms with Crippen LogP contribution in [0.4, 0.5) is 5.69 Å². The molecule has 0 saturated heterocycles. The minimum atomic E-state index is 0.642. The smallest absolute Gasteiger partial charge is 0.128 e. The summed E-state index contributed by atoms with van der Waals surface area (Å²) < 4.78 is 5.77. The van der Waals surface area contributed by atoms with Crippen LogP contribution in [-0.4, -0.2) is 12.8 Å². The fraction of sp³-hybridized carbons (Fsp3) is 0.150. The number of benzene rings is 3. The summed E-state index contributed by atoms with van der Waals surface area (Å²) in [6, 6.07) is 20.6. The molecule has 2 nitrogen and oxygen atoms in total. The Morgan fingerprint density at radius 1 is 1.00 bits per heavy atom. The predicted molar refractivity (Wildman–Crippen MR) is 93.6 cm³/mol. The van der Waals surface area contributed by atoms with E-state index in [-0.39, 0.29) is 0 Å². The zero-order valence-electron chi connectivity index (χ0n) is 12.9. The minimum absolute atomic E-state index is 0.642. The summed E-state index contributed by atoms with van der Waals surface area (Å²) in [5, 5.41) is 2.35. The van der Waals surface area contributed by atoms with Crippen LogP contribution in [-0.2, 0) is 0 Å². The Balaban J connectivity index is 2.09. The molecule has 2 heteroatoms. The second-order valence-corrected chi connectivity index (χ2v) is 5.23. The standard InChI is InChI=1S/C20H19NO/c1-3-22-20-12-11-16-8-4-5-10-18(16)19(20)14-21-17-9-6-7-15(2)13-17/h4-14H,3H2,1-2H3/b21-14+. The highest BCUT2D eigenvalue weighted by molar-refractivity contribution is 6.03. The van der Waals surface area contributed by atoms with Crippen molar-refractivity contribution in [2.75, 3.05) is 6.61 Å². The fourth-order valence-electron chi connectivity index (χ4n) is 2.54. The van der Waals surface area contributed by atoms with Crippen LogP contribution in [0.2, 0.25) is 0 Å². The maximum absolute atomic E-state index is 5.77. The van der Waals surface area contributed by atoms with E-state index in [1.165, 1.54) is 10.9 Å². The molecule has 0 aromatic heterocycles. The van der Waals surface area contributed by atoms with E-state index in [4.69, 9.17) is 4.74 Å². The average molecular weight is 289 g/mol. The second-order valence-electron chi connectivity index (χ2n) is 5.23. The number of fused-ring (bicyclic) bond motifs is 1. The van der Waals surface area contributed by atoms with Crippen molar-refractivity contribution in [1.82, 2.24) is 0 Å². The topological polar surface area (TPSA) is 21.6 Å². The van der Waals surface area contributed by atoms with Gasteiger partial charge in [-0.1, -0.05) is 42.5 Å². The van der Waals surface area contributed by atoms with Crippen molar-refractivity contribution in [3.63, 3.8) is 0 Å². The lowest BCUT2D eigenvalue weighted by molar-refractivity contribution is 0.340. The zero-order chi connectivity index (χ0) is 15.4. The van der Waals surface area contributed by atoms with Gasteiger partial charge in [0.1, 0.15) is 5.75 Å². The molecule has 0 amide bonds. The summed E-state index contributed by atoms with van der Waals surface area (Å²) in [5.41, 5.74) is 3.19. The third-order valence-corrected chi connectivity index (χ3v) is 3.57. The second kappa shape index (κ2) is 6.44. The SMILES string of the molecule is CCOc1ccc2ccccc2c1/C=N/c1cccc(C)c1. The van der Waals surface area contributed by atoms with Gasteiger partial charge in [0.15, 0.2) is 0 Å². The van der Waals surface area contributed by atoms with Gasteiger partial charge in [0.2, 0.25) is 0 Å². The van der Waals surface area contributed by atoms with Gasteiger partial charge in [-0.2, -0.15) is 0 Å². The number of nitrogens with zero attached hydrogens (tertiary/aromatic N) is 1. The lowest BCUT2D eigenvalue weighted by Crippen LogP contribution is -1.97. The molecule has 3 aromatic carbocycles. The van der Waals surface area contributed by atoms with Gasteiger partial charge in [-0.25, -0.2) is 0 Å². The van der Waals surface area contributed by atoms with E-state index >= 15 is 0 Å². The molecule has 0 saturated carbocycles. The molecule has 0 radical (unpaired) electrons. The lowest BCUT2D eigenvalue weighted by atomic mass is 10.0. The number of aliphatic imine (C=N–C) groups is 1. The molecule has 0 bridgehead atoms. The molecule has 110 valence electrons. The summed E-state index contributed by atoms with van der Waals surface area (Å²) in [7, 11) is 0. The van der Waals surface area contributed by atoms with Crippen LogP contribution in [0.25, 0.3) is 10.8 Å². The molecule has 3 rings (SSSR count). The summed E-state index contributed by atoms with van der Waals surface area (Å²) in [4.78, 5) is 4.63. The van der Waals surface area contributed by atoms with E-state index in [0.717, 1.165) is 22.4 Å². The Hall–Kier alpha value is -2.61. The first-order valence-electron chi connectivity index (χ1n) is 7.53. The third-order valence-electron chi connectivity index (χ3n) is 3.57. The summed E-state index contributed by atoms with van der Waals surface area (Å²) in [6.07, 6.45) is 1.90. The maximum Gasteiger partial charge on any atom is 0.128 e. The van der Waals surface area contributed by atoms with Crippen molar-refractivity contribution in [1.29, 1.82) is 0 Å². The van der Waals surface area contributed by atoms with Gasteiger partial charge in [-0.05, 0) is 48.4 Å². The number of ether oxygens (including phenoxy) is 1. The third kappa shape index (κ3) is 3.01. The number of hydrogen-bond donors (Lipinski definition) is 0. The van der Waals surface area contributed by atoms with E-state index < -0.39 is 0 Å². The molecule has 0 atom stereocenters. The molecular formula is C20H19NO. The number of hydrogen-bond acceptors (Lipinski definition) is 2. The molecule has 3 aromatic rings. The first kappa shape index (κ1) is 14.3. The van der Waals surface area contributed by atoms with E-state index in [9.17, 15) is 0 Å². The quantitative estimate of drug-likeness (QED) is 0.597. The Kier molecular flexibility index (Phi) is 4.19. The van der Waals surface area contributed by atoms with Crippen LogP contribution in [0.5, 0.6) is 5.75 Å². The van der Waals surface area contributed by atoms with Crippen molar-refractivity contribution in [3.8, 4) is 5.75 Å². The minimum Gasteiger partial charge on any atom is -0.493 e. The van der Waals surface area contributed by atoms with Crippen molar-refractivity contribution < 1.29 is 4.74 Å². The normalized spacial score (nSPS) is 11.2. The summed E-state index contributed by atoms with van der Waals surface area (Å²) in [5.74, 6) is 0.873. The Morgan fingerprint density at radius 2 is 1.86 bits per heavy atom. The van der Waals surface area contributed by atoms with Crippen LogP contribution in [0, 0.1) is 6.92 Å². The van der Waals surface area contributed by atoms with E-state index in [1.54, 1.807) is 0 Å². The van der Waals surface area contributed by atoms with Crippen molar-refractivity contribution >= 4 is 22.7 Å². The van der Waals surface area contributed by atoms with Crippen LogP contribution in [0.1, 0.15) is 18.1 Å². The van der Waals surface area contributed by atoms with Crippen LogP contribution < -0.4 is 4.74 Å². The van der Waals surface area contributed by atoms with Crippen LogP contribution >= 0.6 is 0 Å². The van der Waals surface area contributed by atoms with Crippen LogP contribution in [0.3, 0.4) is 0 Å². The molecule has 0 aliphatic heterocycles. The average Bonchev–Trinajstić information content (AvgIpc) is 2.54. The number of rotatable bonds is 4. The number of aryl methyl sites for hydroxylation is 1. The monoisotopic (exact) mass is 289 g/mol. The first-order valence-corrected chi connectivity index (χ1v) is 7.53. The van der Waals surface area contributed by atoms with Gasteiger partial charge < -0.3 is 4.74 Å². The maximum atomic E-state index is 5.77. The predicted octanol–water partition coefficient (Wildman–Crippen LogP) is 5.30. The molecule has 0 heterocycles. The highest BCUT2D eigenvalue weighted by Crippen LogP contribution is 2.27. The molecular weight excluding hydrogens is 270 g/mol.